The van der Waals surface area contributed by atoms with Crippen molar-refractivity contribution in [3.63, 3.8) is 0 Å². The Balaban J connectivity index is 1.66. The van der Waals surface area contributed by atoms with E-state index in [1.807, 2.05) is 31.2 Å². The Bertz CT molecular complexity index is 1030. The van der Waals surface area contributed by atoms with Crippen LogP contribution in [0.15, 0.2) is 42.7 Å². The number of hydrogen-bond acceptors (Lipinski definition) is 7. The maximum atomic E-state index is 9.16. The lowest BCUT2D eigenvalue weighted by atomic mass is 10.1. The fraction of sp³-hybridized carbons (Fsp3) is 0.235. The topological polar surface area (TPSA) is 102 Å². The first-order chi connectivity index (χ1) is 12.2. The third-order valence-electron chi connectivity index (χ3n) is 3.90. The van der Waals surface area contributed by atoms with Crippen LogP contribution in [-0.4, -0.2) is 47.7 Å². The first-order valence-corrected chi connectivity index (χ1v) is 8.00. The average molecular weight is 335 g/mol. The minimum atomic E-state index is -0.107. The second kappa shape index (κ2) is 6.40. The highest BCUT2D eigenvalue weighted by Gasteiger charge is 2.11. The summed E-state index contributed by atoms with van der Waals surface area (Å²) in [4.78, 5) is 13.1. The molecule has 0 unspecified atom stereocenters. The van der Waals surface area contributed by atoms with Gasteiger partial charge < -0.3 is 10.4 Å². The van der Waals surface area contributed by atoms with Gasteiger partial charge in [0.1, 0.15) is 5.82 Å². The van der Waals surface area contributed by atoms with Crippen molar-refractivity contribution in [3.8, 4) is 0 Å². The van der Waals surface area contributed by atoms with Gasteiger partial charge in [0.15, 0.2) is 5.65 Å². The van der Waals surface area contributed by atoms with Crippen molar-refractivity contribution < 1.29 is 5.11 Å². The molecule has 0 aliphatic heterocycles. The summed E-state index contributed by atoms with van der Waals surface area (Å²) < 4.78 is 1.72. The van der Waals surface area contributed by atoms with Crippen molar-refractivity contribution in [3.05, 3.63) is 48.3 Å². The Hall–Kier alpha value is -3.13. The molecule has 0 spiro atoms. The molecule has 0 aliphatic carbocycles. The van der Waals surface area contributed by atoms with Crippen molar-refractivity contribution in [2.45, 2.75) is 19.5 Å². The number of benzene rings is 1. The summed E-state index contributed by atoms with van der Waals surface area (Å²) in [6.07, 6.45) is 3.37. The maximum absolute atomic E-state index is 9.16. The average Bonchev–Trinajstić information content (AvgIpc) is 3.04. The normalized spacial score (nSPS) is 12.6. The van der Waals surface area contributed by atoms with Gasteiger partial charge in [-0.25, -0.2) is 14.6 Å². The van der Waals surface area contributed by atoms with Gasteiger partial charge in [0.05, 0.1) is 24.9 Å². The molecule has 0 fully saturated rings. The molecule has 126 valence electrons. The van der Waals surface area contributed by atoms with Gasteiger partial charge in [-0.2, -0.15) is 0 Å². The molecular weight excluding hydrogens is 318 g/mol. The minimum absolute atomic E-state index is 0.0162. The lowest BCUT2D eigenvalue weighted by molar-refractivity contribution is 0.281. The van der Waals surface area contributed by atoms with Crippen LogP contribution in [0.2, 0.25) is 0 Å². The minimum Gasteiger partial charge on any atom is -0.394 e. The Morgan fingerprint density at radius 2 is 2.16 bits per heavy atom. The van der Waals surface area contributed by atoms with Crippen LogP contribution < -0.4 is 5.32 Å². The van der Waals surface area contributed by atoms with Gasteiger partial charge in [0.25, 0.3) is 0 Å². The molecule has 1 aromatic carbocycles. The van der Waals surface area contributed by atoms with Crippen LogP contribution in [0.1, 0.15) is 12.5 Å². The predicted octanol–water partition coefficient (Wildman–Crippen LogP) is 1.61. The molecule has 1 atom stereocenters. The van der Waals surface area contributed by atoms with Crippen molar-refractivity contribution in [1.82, 2.24) is 29.9 Å². The number of aliphatic hydroxyl groups excluding tert-OH is 1. The van der Waals surface area contributed by atoms with Crippen molar-refractivity contribution in [2.24, 2.45) is 0 Å². The Labute approximate surface area is 143 Å². The molecule has 4 aromatic rings. The van der Waals surface area contributed by atoms with E-state index >= 15 is 0 Å². The Morgan fingerprint density at radius 3 is 3.04 bits per heavy atom. The summed E-state index contributed by atoms with van der Waals surface area (Å²) in [5.41, 5.74) is 3.13. The number of aromatic nitrogens is 6. The molecule has 4 rings (SSSR count). The zero-order valence-electron chi connectivity index (χ0n) is 13.7. The molecule has 0 saturated carbocycles. The van der Waals surface area contributed by atoms with Crippen LogP contribution in [0.3, 0.4) is 0 Å². The predicted molar refractivity (Wildman–Crippen MR) is 94.1 cm³/mol. The van der Waals surface area contributed by atoms with Crippen LogP contribution in [0, 0.1) is 0 Å². The van der Waals surface area contributed by atoms with Crippen LogP contribution in [0.5, 0.6) is 0 Å². The van der Waals surface area contributed by atoms with E-state index in [1.165, 1.54) is 0 Å². The SMILES string of the molecule is C[C@@H](CO)Nc1cnc2nnn(Cc3ccc4ncccc4c3)c2n1. The largest absolute Gasteiger partial charge is 0.394 e. The highest BCUT2D eigenvalue weighted by atomic mass is 16.3. The van der Waals surface area contributed by atoms with Crippen molar-refractivity contribution in [2.75, 3.05) is 11.9 Å². The summed E-state index contributed by atoms with van der Waals surface area (Å²) in [6.45, 7) is 2.42. The van der Waals surface area contributed by atoms with Gasteiger partial charge in [-0.3, -0.25) is 4.98 Å². The fourth-order valence-electron chi connectivity index (χ4n) is 2.63. The Kier molecular flexibility index (Phi) is 3.95. The van der Waals surface area contributed by atoms with E-state index in [0.29, 0.717) is 23.7 Å². The summed E-state index contributed by atoms with van der Waals surface area (Å²) in [5, 5.41) is 21.6. The summed E-state index contributed by atoms with van der Waals surface area (Å²) in [6, 6.07) is 9.94. The maximum Gasteiger partial charge on any atom is 0.221 e. The molecule has 8 heteroatoms. The van der Waals surface area contributed by atoms with E-state index in [-0.39, 0.29) is 12.6 Å². The summed E-state index contributed by atoms with van der Waals surface area (Å²) in [7, 11) is 0. The van der Waals surface area contributed by atoms with Gasteiger partial charge >= 0.3 is 0 Å². The van der Waals surface area contributed by atoms with Crippen LogP contribution in [0.4, 0.5) is 5.82 Å². The number of fused-ring (bicyclic) bond motifs is 2. The summed E-state index contributed by atoms with van der Waals surface area (Å²) >= 11 is 0. The van der Waals surface area contributed by atoms with E-state index in [9.17, 15) is 0 Å². The molecule has 3 aromatic heterocycles. The fourth-order valence-corrected chi connectivity index (χ4v) is 2.63. The van der Waals surface area contributed by atoms with E-state index < -0.39 is 0 Å². The van der Waals surface area contributed by atoms with Gasteiger partial charge in [0, 0.05) is 17.6 Å². The molecule has 0 aliphatic rings. The molecule has 8 nitrogen and oxygen atoms in total. The zero-order chi connectivity index (χ0) is 17.2. The third kappa shape index (κ3) is 3.11. The number of anilines is 1. The molecular formula is C17H17N7O. The van der Waals surface area contributed by atoms with E-state index in [0.717, 1.165) is 16.5 Å². The van der Waals surface area contributed by atoms with Gasteiger partial charge in [-0.05, 0) is 30.7 Å². The second-order valence-corrected chi connectivity index (χ2v) is 5.91. The Morgan fingerprint density at radius 1 is 1.24 bits per heavy atom. The number of pyridine rings is 1. The smallest absolute Gasteiger partial charge is 0.221 e. The van der Waals surface area contributed by atoms with Crippen LogP contribution in [-0.2, 0) is 6.54 Å². The van der Waals surface area contributed by atoms with E-state index in [4.69, 9.17) is 5.11 Å². The number of aliphatic hydroxyl groups is 1. The van der Waals surface area contributed by atoms with Gasteiger partial charge in [-0.15, -0.1) is 5.10 Å². The molecule has 25 heavy (non-hydrogen) atoms. The molecule has 0 bridgehead atoms. The number of nitrogens with zero attached hydrogens (tertiary/aromatic N) is 6. The number of rotatable bonds is 5. The van der Waals surface area contributed by atoms with E-state index in [1.54, 1.807) is 17.1 Å². The van der Waals surface area contributed by atoms with Gasteiger partial charge in [0.2, 0.25) is 5.65 Å². The van der Waals surface area contributed by atoms with Gasteiger partial charge in [-0.1, -0.05) is 17.3 Å². The number of hydrogen-bond donors (Lipinski definition) is 2. The summed E-state index contributed by atoms with van der Waals surface area (Å²) in [5.74, 6) is 0.584. The molecule has 2 N–H and O–H groups in total. The zero-order valence-corrected chi connectivity index (χ0v) is 13.7. The highest BCUT2D eigenvalue weighted by molar-refractivity contribution is 5.79. The molecule has 0 saturated heterocycles. The molecule has 0 radical (unpaired) electrons. The van der Waals surface area contributed by atoms with Crippen molar-refractivity contribution >= 4 is 28.0 Å². The third-order valence-corrected chi connectivity index (χ3v) is 3.90. The van der Waals surface area contributed by atoms with Crippen molar-refractivity contribution in [1.29, 1.82) is 0 Å². The van der Waals surface area contributed by atoms with Crippen LogP contribution >= 0.6 is 0 Å². The second-order valence-electron chi connectivity index (χ2n) is 5.91. The monoisotopic (exact) mass is 335 g/mol. The standard InChI is InChI=1S/C17H17N7O/c1-11(10-25)20-15-8-19-16-17(21-15)24(23-22-16)9-12-4-5-14-13(7-12)3-2-6-18-14/h2-8,11,25H,9-10H2,1H3,(H,20,21)/t11-/m0/s1. The first kappa shape index (κ1) is 15.4. The van der Waals surface area contributed by atoms with E-state index in [2.05, 4.69) is 36.6 Å². The lowest BCUT2D eigenvalue weighted by Gasteiger charge is -2.10. The molecule has 3 heterocycles. The van der Waals surface area contributed by atoms with Crippen LogP contribution in [0.25, 0.3) is 22.2 Å². The quantitative estimate of drug-likeness (QED) is 0.571. The number of nitrogens with one attached hydrogen (secondary N) is 1. The lowest BCUT2D eigenvalue weighted by Crippen LogP contribution is -2.20. The highest BCUT2D eigenvalue weighted by Crippen LogP contribution is 2.16. The molecule has 0 amide bonds. The first-order valence-electron chi connectivity index (χ1n) is 8.00.